The number of nitrogens with one attached hydrogen (secondary N) is 1. The molecule has 37 heavy (non-hydrogen) atoms. The van der Waals surface area contributed by atoms with Crippen LogP contribution in [0, 0.1) is 13.8 Å². The third kappa shape index (κ3) is 4.55. The van der Waals surface area contributed by atoms with Crippen molar-refractivity contribution in [2.45, 2.75) is 18.7 Å². The molecule has 1 amide bonds. The molecule has 8 nitrogen and oxygen atoms in total. The first-order valence-electron chi connectivity index (χ1n) is 11.5. The van der Waals surface area contributed by atoms with E-state index < -0.39 is 10.0 Å². The van der Waals surface area contributed by atoms with Crippen LogP contribution in [0.5, 0.6) is 0 Å². The number of thiophene rings is 1. The zero-order valence-corrected chi connectivity index (χ0v) is 22.4. The number of sulfonamides is 1. The Hall–Kier alpha value is -3.86. The molecule has 0 atom stereocenters. The summed E-state index contributed by atoms with van der Waals surface area (Å²) in [6, 6.07) is 20.2. The number of benzene rings is 2. The van der Waals surface area contributed by atoms with Gasteiger partial charge in [0.25, 0.3) is 5.91 Å². The lowest BCUT2D eigenvalue weighted by Gasteiger charge is -2.15. The van der Waals surface area contributed by atoms with E-state index >= 15 is 0 Å². The normalized spacial score (nSPS) is 11.8. The SMILES string of the molecule is Cc1ccc(NC(=O)c2cc(-c3cccs3)nc3c2c(C)nn3-c2ccccc2)cc1S(=O)(=O)N(C)C. The zero-order chi connectivity index (χ0) is 26.3. The fourth-order valence-corrected chi connectivity index (χ4v) is 5.95. The Morgan fingerprint density at radius 1 is 1.00 bits per heavy atom. The Kier molecular flexibility index (Phi) is 6.40. The summed E-state index contributed by atoms with van der Waals surface area (Å²) in [6.07, 6.45) is 0. The Balaban J connectivity index is 1.65. The van der Waals surface area contributed by atoms with Crippen LogP contribution in [0.15, 0.2) is 77.0 Å². The second-order valence-corrected chi connectivity index (χ2v) is 11.9. The molecular weight excluding hydrogens is 506 g/mol. The summed E-state index contributed by atoms with van der Waals surface area (Å²) in [6.45, 7) is 3.57. The van der Waals surface area contributed by atoms with E-state index in [2.05, 4.69) is 5.32 Å². The van der Waals surface area contributed by atoms with Gasteiger partial charge in [-0.1, -0.05) is 30.3 Å². The van der Waals surface area contributed by atoms with Crippen LogP contribution in [-0.4, -0.2) is 47.5 Å². The van der Waals surface area contributed by atoms with Gasteiger partial charge in [0.05, 0.1) is 37.8 Å². The first-order chi connectivity index (χ1) is 17.7. The van der Waals surface area contributed by atoms with Gasteiger partial charge in [-0.15, -0.1) is 11.3 Å². The van der Waals surface area contributed by atoms with Crippen molar-refractivity contribution in [2.75, 3.05) is 19.4 Å². The van der Waals surface area contributed by atoms with E-state index in [1.165, 1.54) is 31.5 Å². The molecule has 0 fully saturated rings. The number of aromatic nitrogens is 3. The summed E-state index contributed by atoms with van der Waals surface area (Å²) in [5, 5.41) is 10.2. The molecule has 5 rings (SSSR count). The lowest BCUT2D eigenvalue weighted by Crippen LogP contribution is -2.23. The number of aryl methyl sites for hydroxylation is 2. The lowest BCUT2D eigenvalue weighted by molar-refractivity contribution is 0.102. The number of carbonyl (C=O) groups is 1. The fourth-order valence-electron chi connectivity index (χ4n) is 4.12. The molecule has 0 aliphatic rings. The summed E-state index contributed by atoms with van der Waals surface area (Å²) in [4.78, 5) is 19.6. The van der Waals surface area contributed by atoms with E-state index in [9.17, 15) is 13.2 Å². The topological polar surface area (TPSA) is 97.2 Å². The van der Waals surface area contributed by atoms with Crippen molar-refractivity contribution in [3.8, 4) is 16.3 Å². The molecule has 0 aliphatic heterocycles. The van der Waals surface area contributed by atoms with Gasteiger partial charge in [-0.05, 0) is 61.2 Å². The highest BCUT2D eigenvalue weighted by Gasteiger charge is 2.23. The van der Waals surface area contributed by atoms with Gasteiger partial charge >= 0.3 is 0 Å². The van der Waals surface area contributed by atoms with E-state index in [1.54, 1.807) is 29.8 Å². The van der Waals surface area contributed by atoms with Crippen LogP contribution in [0.2, 0.25) is 0 Å². The molecule has 5 aromatic rings. The molecule has 0 saturated heterocycles. The first-order valence-corrected chi connectivity index (χ1v) is 13.8. The molecule has 1 N–H and O–H groups in total. The summed E-state index contributed by atoms with van der Waals surface area (Å²) in [7, 11) is -0.717. The van der Waals surface area contributed by atoms with Gasteiger partial charge in [-0.2, -0.15) is 5.10 Å². The third-order valence-electron chi connectivity index (χ3n) is 6.04. The van der Waals surface area contributed by atoms with Gasteiger partial charge in [0.15, 0.2) is 5.65 Å². The van der Waals surface area contributed by atoms with Crippen LogP contribution in [0.1, 0.15) is 21.6 Å². The van der Waals surface area contributed by atoms with Crippen LogP contribution in [0.3, 0.4) is 0 Å². The number of carbonyl (C=O) groups excluding carboxylic acids is 1. The fraction of sp³-hybridized carbons (Fsp3) is 0.148. The molecule has 0 aliphatic carbocycles. The molecule has 3 aromatic heterocycles. The van der Waals surface area contributed by atoms with Gasteiger partial charge in [-0.25, -0.2) is 22.4 Å². The van der Waals surface area contributed by atoms with E-state index in [0.717, 1.165) is 14.9 Å². The van der Waals surface area contributed by atoms with Crippen molar-refractivity contribution in [3.05, 3.63) is 88.9 Å². The highest BCUT2D eigenvalue weighted by Crippen LogP contribution is 2.31. The standard InChI is InChI=1S/C27H25N5O3S2/c1-17-12-13-19(15-24(17)37(34,35)31(3)4)28-27(33)21-16-22(23-11-8-14-36-23)29-26-25(21)18(2)30-32(26)20-9-6-5-7-10-20/h5-16H,1-4H3,(H,28,33). The van der Waals surface area contributed by atoms with Gasteiger partial charge in [0.2, 0.25) is 10.0 Å². The van der Waals surface area contributed by atoms with Crippen molar-refractivity contribution < 1.29 is 13.2 Å². The highest BCUT2D eigenvalue weighted by molar-refractivity contribution is 7.89. The minimum atomic E-state index is -3.68. The Labute approximate surface area is 219 Å². The predicted molar refractivity (Wildman–Crippen MR) is 147 cm³/mol. The number of hydrogen-bond acceptors (Lipinski definition) is 6. The van der Waals surface area contributed by atoms with Crippen molar-refractivity contribution in [1.29, 1.82) is 0 Å². The number of hydrogen-bond donors (Lipinski definition) is 1. The van der Waals surface area contributed by atoms with Crippen LogP contribution >= 0.6 is 11.3 Å². The maximum atomic E-state index is 13.7. The van der Waals surface area contributed by atoms with Crippen molar-refractivity contribution >= 4 is 44.0 Å². The van der Waals surface area contributed by atoms with E-state index in [-0.39, 0.29) is 10.8 Å². The summed E-state index contributed by atoms with van der Waals surface area (Å²) >= 11 is 1.53. The number of anilines is 1. The summed E-state index contributed by atoms with van der Waals surface area (Å²) < 4.78 is 28.5. The molecule has 0 radical (unpaired) electrons. The molecule has 188 valence electrons. The van der Waals surface area contributed by atoms with E-state index in [4.69, 9.17) is 10.1 Å². The molecule has 0 unspecified atom stereocenters. The Morgan fingerprint density at radius 3 is 2.43 bits per heavy atom. The van der Waals surface area contributed by atoms with Crippen LogP contribution in [-0.2, 0) is 10.0 Å². The minimum Gasteiger partial charge on any atom is -0.322 e. The lowest BCUT2D eigenvalue weighted by atomic mass is 10.1. The minimum absolute atomic E-state index is 0.141. The van der Waals surface area contributed by atoms with Crippen molar-refractivity contribution in [3.63, 3.8) is 0 Å². The monoisotopic (exact) mass is 531 g/mol. The first kappa shape index (κ1) is 24.8. The Morgan fingerprint density at radius 2 is 1.76 bits per heavy atom. The van der Waals surface area contributed by atoms with Crippen LogP contribution in [0.4, 0.5) is 5.69 Å². The van der Waals surface area contributed by atoms with Crippen LogP contribution in [0.25, 0.3) is 27.3 Å². The molecule has 10 heteroatoms. The van der Waals surface area contributed by atoms with E-state index in [1.807, 2.05) is 54.8 Å². The van der Waals surface area contributed by atoms with Gasteiger partial charge < -0.3 is 5.32 Å². The maximum Gasteiger partial charge on any atom is 0.256 e. The molecule has 0 bridgehead atoms. The largest absolute Gasteiger partial charge is 0.322 e. The molecular formula is C27H25N5O3S2. The average molecular weight is 532 g/mol. The van der Waals surface area contributed by atoms with Crippen molar-refractivity contribution in [1.82, 2.24) is 19.1 Å². The number of fused-ring (bicyclic) bond motifs is 1. The number of amides is 1. The second kappa shape index (κ2) is 9.55. The quantitative estimate of drug-likeness (QED) is 0.322. The van der Waals surface area contributed by atoms with Gasteiger partial charge in [0.1, 0.15) is 0 Å². The average Bonchev–Trinajstić information content (AvgIpc) is 3.53. The molecule has 0 saturated carbocycles. The molecule has 0 spiro atoms. The number of nitrogens with zero attached hydrogens (tertiary/aromatic N) is 4. The summed E-state index contributed by atoms with van der Waals surface area (Å²) in [5.41, 5.74) is 4.10. The summed E-state index contributed by atoms with van der Waals surface area (Å²) in [5.74, 6) is -0.377. The second-order valence-electron chi connectivity index (χ2n) is 8.79. The third-order valence-corrected chi connectivity index (χ3v) is 8.89. The predicted octanol–water partition coefficient (Wildman–Crippen LogP) is 5.27. The number of pyridine rings is 1. The zero-order valence-electron chi connectivity index (χ0n) is 20.8. The van der Waals surface area contributed by atoms with Gasteiger partial charge in [-0.3, -0.25) is 4.79 Å². The van der Waals surface area contributed by atoms with Crippen molar-refractivity contribution in [2.24, 2.45) is 0 Å². The smallest absolute Gasteiger partial charge is 0.256 e. The molecule has 3 heterocycles. The number of rotatable bonds is 6. The number of para-hydroxylation sites is 1. The molecule has 2 aromatic carbocycles. The Bertz CT molecular complexity index is 1730. The van der Waals surface area contributed by atoms with Gasteiger partial charge in [0, 0.05) is 19.8 Å². The van der Waals surface area contributed by atoms with Crippen LogP contribution < -0.4 is 5.32 Å². The highest BCUT2D eigenvalue weighted by atomic mass is 32.2. The van der Waals surface area contributed by atoms with E-state index in [0.29, 0.717) is 39.2 Å². The maximum absolute atomic E-state index is 13.7.